The summed E-state index contributed by atoms with van der Waals surface area (Å²) in [5.74, 6) is 0. The molecule has 0 amide bonds. The van der Waals surface area contributed by atoms with Gasteiger partial charge in [0.15, 0.2) is 0 Å². The SMILES string of the molecule is Brc1cccc2c1=CCC(N1CCCc3ccccc31)[NH+]=2. The topological polar surface area (TPSA) is 17.2 Å². The minimum Gasteiger partial charge on any atom is -0.314 e. The highest BCUT2D eigenvalue weighted by Crippen LogP contribution is 2.27. The zero-order valence-corrected chi connectivity index (χ0v) is 13.4. The molecule has 3 heteroatoms. The van der Waals surface area contributed by atoms with Crippen molar-refractivity contribution in [3.05, 3.63) is 63.1 Å². The third-order valence-corrected chi connectivity index (χ3v) is 5.13. The lowest BCUT2D eigenvalue weighted by Gasteiger charge is -2.33. The van der Waals surface area contributed by atoms with E-state index in [0.29, 0.717) is 6.17 Å². The largest absolute Gasteiger partial charge is 0.314 e. The highest BCUT2D eigenvalue weighted by atomic mass is 79.9. The van der Waals surface area contributed by atoms with Crippen molar-refractivity contribution in [1.82, 2.24) is 0 Å². The van der Waals surface area contributed by atoms with Gasteiger partial charge in [-0.25, -0.2) is 4.99 Å². The number of nitrogens with one attached hydrogen (secondary N) is 1. The van der Waals surface area contributed by atoms with Crippen LogP contribution in [0.5, 0.6) is 0 Å². The first-order chi connectivity index (χ1) is 10.3. The Morgan fingerprint density at radius 2 is 2.00 bits per heavy atom. The first-order valence-corrected chi connectivity index (χ1v) is 8.35. The summed E-state index contributed by atoms with van der Waals surface area (Å²) in [6, 6.07) is 15.2. The van der Waals surface area contributed by atoms with Crippen LogP contribution in [0.25, 0.3) is 6.08 Å². The lowest BCUT2D eigenvalue weighted by molar-refractivity contribution is -0.543. The van der Waals surface area contributed by atoms with Gasteiger partial charge in [-0.15, -0.1) is 0 Å². The van der Waals surface area contributed by atoms with Crippen molar-refractivity contribution in [3.63, 3.8) is 0 Å². The molecular formula is C18H18BrN2+. The normalized spacial score (nSPS) is 20.0. The molecule has 1 atom stereocenters. The van der Waals surface area contributed by atoms with Gasteiger partial charge in [-0.3, -0.25) is 0 Å². The van der Waals surface area contributed by atoms with E-state index in [1.165, 1.54) is 39.1 Å². The lowest BCUT2D eigenvalue weighted by Crippen LogP contribution is -2.90. The Kier molecular flexibility index (Phi) is 3.30. The molecule has 2 heterocycles. The summed E-state index contributed by atoms with van der Waals surface area (Å²) in [6.07, 6.45) is 6.17. The van der Waals surface area contributed by atoms with Gasteiger partial charge in [0.25, 0.3) is 0 Å². The zero-order valence-electron chi connectivity index (χ0n) is 11.8. The van der Waals surface area contributed by atoms with Crippen molar-refractivity contribution >= 4 is 27.7 Å². The summed E-state index contributed by atoms with van der Waals surface area (Å²) in [5, 5.41) is 2.52. The van der Waals surface area contributed by atoms with Crippen molar-refractivity contribution in [2.24, 2.45) is 0 Å². The van der Waals surface area contributed by atoms with Gasteiger partial charge in [-0.2, -0.15) is 0 Å². The first kappa shape index (κ1) is 13.1. The number of anilines is 1. The van der Waals surface area contributed by atoms with Crippen LogP contribution in [0.15, 0.2) is 46.9 Å². The predicted octanol–water partition coefficient (Wildman–Crippen LogP) is 1.11. The summed E-state index contributed by atoms with van der Waals surface area (Å²) in [4.78, 5) is 6.24. The molecule has 0 saturated heterocycles. The smallest absolute Gasteiger partial charge is 0.230 e. The fraction of sp³-hybridized carbons (Fsp3) is 0.278. The number of hydrogen-bond acceptors (Lipinski definition) is 1. The molecule has 2 nitrogen and oxygen atoms in total. The van der Waals surface area contributed by atoms with Gasteiger partial charge in [0.05, 0.1) is 5.22 Å². The summed E-state index contributed by atoms with van der Waals surface area (Å²) in [7, 11) is 0. The van der Waals surface area contributed by atoms with Crippen molar-refractivity contribution in [1.29, 1.82) is 0 Å². The highest BCUT2D eigenvalue weighted by molar-refractivity contribution is 9.10. The lowest BCUT2D eigenvalue weighted by atomic mass is 10.0. The van der Waals surface area contributed by atoms with Gasteiger partial charge < -0.3 is 4.90 Å². The van der Waals surface area contributed by atoms with E-state index >= 15 is 0 Å². The van der Waals surface area contributed by atoms with Crippen LogP contribution in [-0.4, -0.2) is 12.7 Å². The Morgan fingerprint density at radius 3 is 2.95 bits per heavy atom. The molecule has 0 bridgehead atoms. The van der Waals surface area contributed by atoms with Crippen LogP contribution >= 0.6 is 15.9 Å². The summed E-state index contributed by atoms with van der Waals surface area (Å²) >= 11 is 3.64. The maximum absolute atomic E-state index is 3.71. The van der Waals surface area contributed by atoms with Crippen LogP contribution in [0, 0.1) is 0 Å². The highest BCUT2D eigenvalue weighted by Gasteiger charge is 2.27. The number of para-hydroxylation sites is 1. The number of nitrogens with zero attached hydrogens (tertiary/aromatic N) is 1. The van der Waals surface area contributed by atoms with Gasteiger partial charge >= 0.3 is 0 Å². The quantitative estimate of drug-likeness (QED) is 0.822. The number of rotatable bonds is 1. The van der Waals surface area contributed by atoms with E-state index in [4.69, 9.17) is 0 Å². The van der Waals surface area contributed by atoms with Crippen LogP contribution in [-0.2, 0) is 6.42 Å². The van der Waals surface area contributed by atoms with E-state index < -0.39 is 0 Å². The predicted molar refractivity (Wildman–Crippen MR) is 88.4 cm³/mol. The van der Waals surface area contributed by atoms with Crippen molar-refractivity contribution in [3.8, 4) is 0 Å². The fourth-order valence-electron chi connectivity index (χ4n) is 3.43. The average Bonchev–Trinajstić information content (AvgIpc) is 2.54. The van der Waals surface area contributed by atoms with E-state index in [-0.39, 0.29) is 0 Å². The molecule has 2 aromatic carbocycles. The maximum Gasteiger partial charge on any atom is 0.230 e. The molecule has 106 valence electrons. The first-order valence-electron chi connectivity index (χ1n) is 7.56. The van der Waals surface area contributed by atoms with E-state index in [1.807, 2.05) is 0 Å². The molecule has 1 unspecified atom stereocenters. The average molecular weight is 342 g/mol. The molecule has 0 aliphatic carbocycles. The van der Waals surface area contributed by atoms with E-state index in [1.54, 1.807) is 0 Å². The Bertz CT molecular complexity index is 797. The third kappa shape index (κ3) is 2.30. The molecule has 0 aromatic heterocycles. The Morgan fingerprint density at radius 1 is 1.10 bits per heavy atom. The van der Waals surface area contributed by atoms with Crippen LogP contribution in [0.3, 0.4) is 0 Å². The van der Waals surface area contributed by atoms with Crippen LogP contribution < -0.4 is 20.5 Å². The minimum atomic E-state index is 0.355. The molecule has 2 aliphatic rings. The maximum atomic E-state index is 3.71. The zero-order chi connectivity index (χ0) is 14.2. The number of halogens is 1. The minimum absolute atomic E-state index is 0.355. The Hall–Kier alpha value is -1.61. The standard InChI is InChI=1S/C18H17BrN2/c19-15-7-3-8-16-14(15)10-11-18(20-16)21-12-4-6-13-5-1-2-9-17(13)21/h1-3,5,7-10,18H,4,6,11-12H2/p+1. The number of hydrogen-bond donors (Lipinski definition) is 1. The fourth-order valence-corrected chi connectivity index (χ4v) is 3.96. The number of fused-ring (bicyclic) bond motifs is 2. The molecule has 0 saturated carbocycles. The second kappa shape index (κ2) is 5.30. The van der Waals surface area contributed by atoms with E-state index in [2.05, 4.69) is 74.4 Å². The van der Waals surface area contributed by atoms with Crippen LogP contribution in [0.1, 0.15) is 18.4 Å². The van der Waals surface area contributed by atoms with Crippen molar-refractivity contribution in [2.75, 3.05) is 11.4 Å². The summed E-state index contributed by atoms with van der Waals surface area (Å²) in [5.41, 5.74) is 2.87. The number of aryl methyl sites for hydroxylation is 1. The van der Waals surface area contributed by atoms with Gasteiger partial charge in [-0.1, -0.05) is 30.3 Å². The molecule has 2 aromatic rings. The Labute approximate surface area is 132 Å². The van der Waals surface area contributed by atoms with Gasteiger partial charge in [0.1, 0.15) is 0 Å². The molecule has 0 radical (unpaired) electrons. The molecule has 0 spiro atoms. The second-order valence-corrected chi connectivity index (χ2v) is 6.58. The van der Waals surface area contributed by atoms with E-state index in [9.17, 15) is 0 Å². The van der Waals surface area contributed by atoms with E-state index in [0.717, 1.165) is 13.0 Å². The monoisotopic (exact) mass is 341 g/mol. The van der Waals surface area contributed by atoms with Crippen molar-refractivity contribution in [2.45, 2.75) is 25.4 Å². The second-order valence-electron chi connectivity index (χ2n) is 5.73. The third-order valence-electron chi connectivity index (χ3n) is 4.44. The molecule has 2 aliphatic heterocycles. The van der Waals surface area contributed by atoms with Gasteiger partial charge in [0, 0.05) is 29.2 Å². The summed E-state index contributed by atoms with van der Waals surface area (Å²) < 4.78 is 1.17. The van der Waals surface area contributed by atoms with Gasteiger partial charge in [-0.05, 0) is 46.5 Å². The molecule has 21 heavy (non-hydrogen) atoms. The number of benzene rings is 2. The van der Waals surface area contributed by atoms with Gasteiger partial charge in [0.2, 0.25) is 11.5 Å². The summed E-state index contributed by atoms with van der Waals surface area (Å²) in [6.45, 7) is 1.13. The molecular weight excluding hydrogens is 324 g/mol. The van der Waals surface area contributed by atoms with Crippen molar-refractivity contribution < 1.29 is 4.99 Å². The molecule has 0 fully saturated rings. The Balaban J connectivity index is 1.77. The molecule has 1 N–H and O–H groups in total. The van der Waals surface area contributed by atoms with Crippen LogP contribution in [0.4, 0.5) is 5.69 Å². The molecule has 4 rings (SSSR count). The van der Waals surface area contributed by atoms with Crippen LogP contribution in [0.2, 0.25) is 0 Å².